The van der Waals surface area contributed by atoms with Crippen LogP contribution >= 0.6 is 0 Å². The lowest BCUT2D eigenvalue weighted by Crippen LogP contribution is -2.28. The number of hydrogen-bond acceptors (Lipinski definition) is 5. The molecule has 152 valence electrons. The number of methoxy groups -OCH3 is 2. The minimum absolute atomic E-state index is 0.298. The van der Waals surface area contributed by atoms with Crippen LogP contribution in [0.2, 0.25) is 0 Å². The Hall–Kier alpha value is -3.45. The van der Waals surface area contributed by atoms with Crippen molar-refractivity contribution in [3.05, 3.63) is 77.7 Å². The number of anilines is 1. The lowest BCUT2D eigenvalue weighted by molar-refractivity contribution is 0.0930. The average Bonchev–Trinajstić information content (AvgIpc) is 3.26. The van der Waals surface area contributed by atoms with Crippen LogP contribution in [0.1, 0.15) is 16.9 Å². The van der Waals surface area contributed by atoms with E-state index in [1.165, 1.54) is 0 Å². The molecule has 7 nitrogen and oxygen atoms in total. The first-order chi connectivity index (χ1) is 14.2. The number of urea groups is 1. The van der Waals surface area contributed by atoms with Gasteiger partial charge in [0.05, 0.1) is 27.1 Å². The topological polar surface area (TPSA) is 82.0 Å². The molecule has 0 saturated carbocycles. The zero-order valence-corrected chi connectivity index (χ0v) is 16.4. The third-order valence-electron chi connectivity index (χ3n) is 4.18. The van der Waals surface area contributed by atoms with Gasteiger partial charge in [0.25, 0.3) is 0 Å². The van der Waals surface area contributed by atoms with Crippen LogP contribution in [0, 0.1) is 0 Å². The Morgan fingerprint density at radius 2 is 1.79 bits per heavy atom. The van der Waals surface area contributed by atoms with E-state index in [1.807, 2.05) is 48.5 Å². The van der Waals surface area contributed by atoms with Gasteiger partial charge in [-0.05, 0) is 47.5 Å². The summed E-state index contributed by atoms with van der Waals surface area (Å²) in [6.07, 6.45) is 1.61. The van der Waals surface area contributed by atoms with Crippen molar-refractivity contribution >= 4 is 11.7 Å². The van der Waals surface area contributed by atoms with Crippen LogP contribution in [0.25, 0.3) is 0 Å². The Kier molecular flexibility index (Phi) is 7.13. The minimum atomic E-state index is -0.298. The van der Waals surface area contributed by atoms with Gasteiger partial charge in [-0.1, -0.05) is 18.2 Å². The summed E-state index contributed by atoms with van der Waals surface area (Å²) in [7, 11) is 3.16. The maximum Gasteiger partial charge on any atom is 0.319 e. The second-order valence-corrected chi connectivity index (χ2v) is 6.27. The van der Waals surface area contributed by atoms with E-state index < -0.39 is 0 Å². The number of hydrogen-bond donors (Lipinski definition) is 2. The van der Waals surface area contributed by atoms with Crippen molar-refractivity contribution in [3.63, 3.8) is 0 Å². The molecular formula is C22H24N2O5. The molecule has 1 heterocycles. The van der Waals surface area contributed by atoms with E-state index in [1.54, 1.807) is 26.5 Å². The van der Waals surface area contributed by atoms with Crippen molar-refractivity contribution < 1.29 is 23.4 Å². The Balaban J connectivity index is 1.49. The van der Waals surface area contributed by atoms with Crippen molar-refractivity contribution in [2.75, 3.05) is 19.5 Å². The van der Waals surface area contributed by atoms with Crippen molar-refractivity contribution in [2.45, 2.75) is 19.8 Å². The molecule has 0 saturated heterocycles. The molecule has 0 fully saturated rings. The predicted molar refractivity (Wildman–Crippen MR) is 109 cm³/mol. The molecule has 2 amide bonds. The van der Waals surface area contributed by atoms with E-state index in [0.717, 1.165) is 16.9 Å². The molecule has 0 radical (unpaired) electrons. The summed E-state index contributed by atoms with van der Waals surface area (Å²) in [5.41, 5.74) is 2.54. The Labute approximate surface area is 169 Å². The molecule has 2 N–H and O–H groups in total. The highest BCUT2D eigenvalue weighted by atomic mass is 16.5. The first kappa shape index (κ1) is 20.3. The highest BCUT2D eigenvalue weighted by Crippen LogP contribution is 2.27. The third kappa shape index (κ3) is 6.02. The van der Waals surface area contributed by atoms with Gasteiger partial charge < -0.3 is 29.3 Å². The Morgan fingerprint density at radius 1 is 0.931 bits per heavy atom. The summed E-state index contributed by atoms with van der Waals surface area (Å²) in [6.45, 7) is 1.18. The van der Waals surface area contributed by atoms with Crippen LogP contribution in [-0.4, -0.2) is 20.3 Å². The summed E-state index contributed by atoms with van der Waals surface area (Å²) < 4.78 is 21.4. The first-order valence-electron chi connectivity index (χ1n) is 9.13. The van der Waals surface area contributed by atoms with Gasteiger partial charge in [-0.15, -0.1) is 0 Å². The lowest BCUT2D eigenvalue weighted by Gasteiger charge is -2.11. The van der Waals surface area contributed by atoms with Gasteiger partial charge in [0.2, 0.25) is 0 Å². The fourth-order valence-electron chi connectivity index (χ4n) is 2.75. The Morgan fingerprint density at radius 3 is 2.55 bits per heavy atom. The number of carbonyl (C=O) groups excluding carboxylic acids is 1. The van der Waals surface area contributed by atoms with Gasteiger partial charge in [-0.3, -0.25) is 0 Å². The second-order valence-electron chi connectivity index (χ2n) is 6.27. The van der Waals surface area contributed by atoms with Gasteiger partial charge in [-0.25, -0.2) is 4.79 Å². The molecular weight excluding hydrogens is 372 g/mol. The number of amides is 2. The predicted octanol–water partition coefficient (Wildman–Crippen LogP) is 4.34. The maximum atomic E-state index is 12.2. The van der Waals surface area contributed by atoms with Gasteiger partial charge >= 0.3 is 6.03 Å². The maximum absolute atomic E-state index is 12.2. The molecule has 7 heteroatoms. The molecule has 2 aromatic carbocycles. The van der Waals surface area contributed by atoms with E-state index in [9.17, 15) is 4.79 Å². The van der Waals surface area contributed by atoms with Crippen LogP contribution in [0.4, 0.5) is 10.5 Å². The van der Waals surface area contributed by atoms with Crippen molar-refractivity contribution in [3.8, 4) is 11.5 Å². The van der Waals surface area contributed by atoms with E-state index in [0.29, 0.717) is 36.9 Å². The van der Waals surface area contributed by atoms with Crippen LogP contribution < -0.4 is 20.1 Å². The van der Waals surface area contributed by atoms with Crippen LogP contribution in [0.3, 0.4) is 0 Å². The van der Waals surface area contributed by atoms with Gasteiger partial charge in [0, 0.05) is 12.2 Å². The molecule has 3 rings (SSSR count). The fourth-order valence-corrected chi connectivity index (χ4v) is 2.75. The number of nitrogens with one attached hydrogen (secondary N) is 2. The highest BCUT2D eigenvalue weighted by Gasteiger charge is 2.07. The molecule has 0 unspecified atom stereocenters. The fraction of sp³-hybridized carbons (Fsp3) is 0.227. The molecule has 29 heavy (non-hydrogen) atoms. The smallest absolute Gasteiger partial charge is 0.319 e. The molecule has 3 aromatic rings. The number of rotatable bonds is 9. The first-order valence-corrected chi connectivity index (χ1v) is 9.13. The summed E-state index contributed by atoms with van der Waals surface area (Å²) in [4.78, 5) is 12.2. The van der Waals surface area contributed by atoms with Crippen LogP contribution in [-0.2, 0) is 24.5 Å². The van der Waals surface area contributed by atoms with Crippen LogP contribution in [0.5, 0.6) is 11.5 Å². The summed E-state index contributed by atoms with van der Waals surface area (Å²) >= 11 is 0. The monoisotopic (exact) mass is 396 g/mol. The normalized spacial score (nSPS) is 10.4. The SMILES string of the molecule is COc1ccc(CNC(=O)Nc2cccc(COCc3ccco3)c2)cc1OC. The van der Waals surface area contributed by atoms with Gasteiger partial charge in [0.1, 0.15) is 12.4 Å². The quantitative estimate of drug-likeness (QED) is 0.562. The lowest BCUT2D eigenvalue weighted by atomic mass is 10.2. The molecule has 0 atom stereocenters. The van der Waals surface area contributed by atoms with E-state index >= 15 is 0 Å². The summed E-state index contributed by atoms with van der Waals surface area (Å²) in [5, 5.41) is 5.65. The highest BCUT2D eigenvalue weighted by molar-refractivity contribution is 5.89. The zero-order valence-electron chi connectivity index (χ0n) is 16.4. The van der Waals surface area contributed by atoms with E-state index in [4.69, 9.17) is 18.6 Å². The minimum Gasteiger partial charge on any atom is -0.493 e. The molecule has 0 aliphatic rings. The Bertz CT molecular complexity index is 925. The van der Waals surface area contributed by atoms with Gasteiger partial charge in [-0.2, -0.15) is 0 Å². The molecule has 0 aliphatic carbocycles. The average molecular weight is 396 g/mol. The summed E-state index contributed by atoms with van der Waals surface area (Å²) in [6, 6.07) is 16.4. The second kappa shape index (κ2) is 10.2. The largest absolute Gasteiger partial charge is 0.493 e. The number of furan rings is 1. The third-order valence-corrected chi connectivity index (χ3v) is 4.18. The molecule has 0 bridgehead atoms. The number of carbonyl (C=O) groups is 1. The van der Waals surface area contributed by atoms with Crippen molar-refractivity contribution in [2.24, 2.45) is 0 Å². The molecule has 0 aliphatic heterocycles. The molecule has 0 spiro atoms. The van der Waals surface area contributed by atoms with Crippen molar-refractivity contribution in [1.82, 2.24) is 5.32 Å². The number of ether oxygens (including phenoxy) is 3. The number of benzene rings is 2. The molecule has 1 aromatic heterocycles. The standard InChI is InChI=1S/C22H24N2O5/c1-26-20-9-8-16(12-21(20)27-2)13-23-22(25)24-18-6-3-5-17(11-18)14-28-15-19-7-4-10-29-19/h3-12H,13-15H2,1-2H3,(H2,23,24,25). The van der Waals surface area contributed by atoms with E-state index in [2.05, 4.69) is 10.6 Å². The van der Waals surface area contributed by atoms with Gasteiger partial charge in [0.15, 0.2) is 11.5 Å². The van der Waals surface area contributed by atoms with Crippen LogP contribution in [0.15, 0.2) is 65.3 Å². The zero-order chi connectivity index (χ0) is 20.5. The van der Waals surface area contributed by atoms with E-state index in [-0.39, 0.29) is 6.03 Å². The summed E-state index contributed by atoms with van der Waals surface area (Å²) in [5.74, 6) is 2.04. The van der Waals surface area contributed by atoms with Crippen molar-refractivity contribution in [1.29, 1.82) is 0 Å².